The Hall–Kier alpha value is -1.59. The molecule has 5 nitrogen and oxygen atoms in total. The van der Waals surface area contributed by atoms with Gasteiger partial charge in [0.2, 0.25) is 5.91 Å². The van der Waals surface area contributed by atoms with Gasteiger partial charge in [-0.15, -0.1) is 0 Å². The first-order valence-electron chi connectivity index (χ1n) is 5.76. The minimum Gasteiger partial charge on any atom is -0.480 e. The van der Waals surface area contributed by atoms with Crippen molar-refractivity contribution < 1.29 is 14.7 Å². The molecule has 0 fully saturated rings. The van der Waals surface area contributed by atoms with Gasteiger partial charge in [-0.3, -0.25) is 14.5 Å². The predicted octanol–water partition coefficient (Wildman–Crippen LogP) is 1.76. The number of halogens is 1. The highest BCUT2D eigenvalue weighted by Gasteiger charge is 2.32. The Bertz CT molecular complexity index is 489. The molecule has 0 saturated carbocycles. The molecule has 0 aromatic heterocycles. The summed E-state index contributed by atoms with van der Waals surface area (Å²) in [6.45, 7) is 2.97. The average molecular weight is 285 g/mol. The number of carbonyl (C=O) groups is 2. The van der Waals surface area contributed by atoms with Crippen LogP contribution in [0.1, 0.15) is 13.8 Å². The Balaban J connectivity index is 3.15. The lowest BCUT2D eigenvalue weighted by atomic mass is 10.0. The van der Waals surface area contributed by atoms with Gasteiger partial charge in [-0.2, -0.15) is 0 Å². The second-order valence-corrected chi connectivity index (χ2v) is 5.08. The van der Waals surface area contributed by atoms with Gasteiger partial charge in [0, 0.05) is 10.7 Å². The third-order valence-corrected chi connectivity index (χ3v) is 3.05. The van der Waals surface area contributed by atoms with E-state index in [1.165, 1.54) is 4.90 Å². The fourth-order valence-electron chi connectivity index (χ4n) is 1.50. The van der Waals surface area contributed by atoms with Crippen molar-refractivity contribution >= 4 is 29.2 Å². The van der Waals surface area contributed by atoms with E-state index in [2.05, 4.69) is 5.32 Å². The summed E-state index contributed by atoms with van der Waals surface area (Å²) in [5.74, 6) is -1.42. The van der Waals surface area contributed by atoms with Crippen LogP contribution in [0.3, 0.4) is 0 Å². The van der Waals surface area contributed by atoms with Crippen molar-refractivity contribution in [2.75, 3.05) is 18.5 Å². The SMILES string of the molecule is CNC(C)(C)C(=O)N(CC(=O)O)c1cccc(Cl)c1. The zero-order valence-electron chi connectivity index (χ0n) is 11.1. The topological polar surface area (TPSA) is 69.6 Å². The minimum atomic E-state index is -1.08. The van der Waals surface area contributed by atoms with Gasteiger partial charge in [0.25, 0.3) is 0 Å². The Morgan fingerprint density at radius 3 is 2.53 bits per heavy atom. The number of likely N-dealkylation sites (N-methyl/N-ethyl adjacent to an activating group) is 1. The fraction of sp³-hybridized carbons (Fsp3) is 0.385. The molecule has 0 radical (unpaired) electrons. The number of rotatable bonds is 5. The molecular formula is C13H17ClN2O3. The van der Waals surface area contributed by atoms with E-state index in [1.54, 1.807) is 45.2 Å². The predicted molar refractivity (Wildman–Crippen MR) is 74.6 cm³/mol. The molecule has 0 aliphatic heterocycles. The number of amides is 1. The lowest BCUT2D eigenvalue weighted by Crippen LogP contribution is -2.54. The normalized spacial score (nSPS) is 11.2. The number of nitrogens with zero attached hydrogens (tertiary/aromatic N) is 1. The van der Waals surface area contributed by atoms with Crippen LogP contribution in [-0.4, -0.2) is 36.1 Å². The molecule has 0 atom stereocenters. The van der Waals surface area contributed by atoms with Crippen LogP contribution in [0, 0.1) is 0 Å². The summed E-state index contributed by atoms with van der Waals surface area (Å²) in [4.78, 5) is 24.5. The van der Waals surface area contributed by atoms with Gasteiger partial charge in [-0.1, -0.05) is 17.7 Å². The Labute approximate surface area is 117 Å². The maximum atomic E-state index is 12.4. The summed E-state index contributed by atoms with van der Waals surface area (Å²) in [5.41, 5.74) is -0.402. The van der Waals surface area contributed by atoms with E-state index in [9.17, 15) is 9.59 Å². The molecule has 6 heteroatoms. The summed E-state index contributed by atoms with van der Waals surface area (Å²) in [6.07, 6.45) is 0. The van der Waals surface area contributed by atoms with Crippen molar-refractivity contribution in [3.05, 3.63) is 29.3 Å². The number of hydrogen-bond acceptors (Lipinski definition) is 3. The van der Waals surface area contributed by atoms with Crippen molar-refractivity contribution in [1.29, 1.82) is 0 Å². The maximum Gasteiger partial charge on any atom is 0.323 e. The van der Waals surface area contributed by atoms with Gasteiger partial charge in [0.1, 0.15) is 6.54 Å². The van der Waals surface area contributed by atoms with Crippen LogP contribution < -0.4 is 10.2 Å². The Kier molecular flexibility index (Phi) is 4.91. The van der Waals surface area contributed by atoms with Crippen LogP contribution in [0.15, 0.2) is 24.3 Å². The van der Waals surface area contributed by atoms with Gasteiger partial charge < -0.3 is 10.4 Å². The number of benzene rings is 1. The van der Waals surface area contributed by atoms with E-state index in [0.29, 0.717) is 10.7 Å². The first-order chi connectivity index (χ1) is 8.77. The van der Waals surface area contributed by atoms with Gasteiger partial charge in [0.15, 0.2) is 0 Å². The largest absolute Gasteiger partial charge is 0.480 e. The van der Waals surface area contributed by atoms with Crippen LogP contribution in [0.5, 0.6) is 0 Å². The van der Waals surface area contributed by atoms with E-state index < -0.39 is 18.1 Å². The monoisotopic (exact) mass is 284 g/mol. The molecule has 19 heavy (non-hydrogen) atoms. The molecule has 0 heterocycles. The first kappa shape index (κ1) is 15.5. The van der Waals surface area contributed by atoms with E-state index in [0.717, 1.165) is 0 Å². The molecule has 0 bridgehead atoms. The fourth-order valence-corrected chi connectivity index (χ4v) is 1.69. The Morgan fingerprint density at radius 1 is 1.42 bits per heavy atom. The lowest BCUT2D eigenvalue weighted by Gasteiger charge is -2.30. The number of aliphatic carboxylic acids is 1. The van der Waals surface area contributed by atoms with E-state index in [1.807, 2.05) is 0 Å². The van der Waals surface area contributed by atoms with Crippen molar-refractivity contribution in [2.45, 2.75) is 19.4 Å². The zero-order valence-corrected chi connectivity index (χ0v) is 11.9. The standard InChI is InChI=1S/C13H17ClN2O3/c1-13(2,15-3)12(19)16(8-11(17)18)10-6-4-5-9(14)7-10/h4-7,15H,8H2,1-3H3,(H,17,18). The molecule has 1 aromatic carbocycles. The van der Waals surface area contributed by atoms with Crippen molar-refractivity contribution in [3.8, 4) is 0 Å². The summed E-state index contributed by atoms with van der Waals surface area (Å²) in [7, 11) is 1.65. The second-order valence-electron chi connectivity index (χ2n) is 4.64. The molecular weight excluding hydrogens is 268 g/mol. The number of carboxylic acid groups (broad SMARTS) is 1. The van der Waals surface area contributed by atoms with Crippen LogP contribution in [0.25, 0.3) is 0 Å². The highest BCUT2D eigenvalue weighted by atomic mass is 35.5. The molecule has 1 aromatic rings. The van der Waals surface area contributed by atoms with Crippen molar-refractivity contribution in [3.63, 3.8) is 0 Å². The summed E-state index contributed by atoms with van der Waals surface area (Å²) >= 11 is 5.88. The smallest absolute Gasteiger partial charge is 0.323 e. The molecule has 1 rings (SSSR count). The van der Waals surface area contributed by atoms with E-state index in [4.69, 9.17) is 16.7 Å². The highest BCUT2D eigenvalue weighted by Crippen LogP contribution is 2.22. The van der Waals surface area contributed by atoms with E-state index >= 15 is 0 Å². The summed E-state index contributed by atoms with van der Waals surface area (Å²) in [6, 6.07) is 6.55. The van der Waals surface area contributed by atoms with Crippen molar-refractivity contribution in [1.82, 2.24) is 5.32 Å². The van der Waals surface area contributed by atoms with Gasteiger partial charge in [-0.25, -0.2) is 0 Å². The molecule has 0 aliphatic carbocycles. The molecule has 0 saturated heterocycles. The molecule has 104 valence electrons. The second kappa shape index (κ2) is 6.04. The van der Waals surface area contributed by atoms with Gasteiger partial charge >= 0.3 is 5.97 Å². The van der Waals surface area contributed by atoms with Gasteiger partial charge in [0.05, 0.1) is 5.54 Å². The maximum absolute atomic E-state index is 12.4. The van der Waals surface area contributed by atoms with Crippen molar-refractivity contribution in [2.24, 2.45) is 0 Å². The van der Waals surface area contributed by atoms with Crippen LogP contribution in [0.2, 0.25) is 5.02 Å². The first-order valence-corrected chi connectivity index (χ1v) is 6.14. The number of anilines is 1. The molecule has 0 unspecified atom stereocenters. The van der Waals surface area contributed by atoms with E-state index in [-0.39, 0.29) is 5.91 Å². The minimum absolute atomic E-state index is 0.334. The third kappa shape index (κ3) is 3.94. The van der Waals surface area contributed by atoms with Crippen LogP contribution in [-0.2, 0) is 9.59 Å². The summed E-state index contributed by atoms with van der Waals surface area (Å²) < 4.78 is 0. The van der Waals surface area contributed by atoms with Gasteiger partial charge in [-0.05, 0) is 39.1 Å². The Morgan fingerprint density at radius 2 is 2.05 bits per heavy atom. The average Bonchev–Trinajstić information content (AvgIpc) is 2.34. The van der Waals surface area contributed by atoms with Crippen LogP contribution >= 0.6 is 11.6 Å². The number of carbonyl (C=O) groups excluding carboxylic acids is 1. The molecule has 0 spiro atoms. The van der Waals surface area contributed by atoms with Crippen LogP contribution in [0.4, 0.5) is 5.69 Å². The molecule has 1 amide bonds. The molecule has 2 N–H and O–H groups in total. The number of hydrogen-bond donors (Lipinski definition) is 2. The lowest BCUT2D eigenvalue weighted by molar-refractivity contribution is -0.137. The summed E-state index contributed by atoms with van der Waals surface area (Å²) in [5, 5.41) is 12.3. The highest BCUT2D eigenvalue weighted by molar-refractivity contribution is 6.31. The quantitative estimate of drug-likeness (QED) is 0.864. The zero-order chi connectivity index (χ0) is 14.6. The molecule has 0 aliphatic rings. The number of nitrogens with one attached hydrogen (secondary N) is 1. The number of carboxylic acids is 1. The third-order valence-electron chi connectivity index (χ3n) is 2.82.